The molecule has 2 aromatic carbocycles. The van der Waals surface area contributed by atoms with Gasteiger partial charge in [-0.15, -0.1) is 0 Å². The van der Waals surface area contributed by atoms with E-state index < -0.39 is 12.0 Å². The Morgan fingerprint density at radius 2 is 1.97 bits per heavy atom. The van der Waals surface area contributed by atoms with Crippen molar-refractivity contribution in [2.24, 2.45) is 4.99 Å². The van der Waals surface area contributed by atoms with E-state index in [9.17, 15) is 14.7 Å². The van der Waals surface area contributed by atoms with E-state index >= 15 is 0 Å². The predicted octanol–water partition coefficient (Wildman–Crippen LogP) is 3.38. The van der Waals surface area contributed by atoms with Crippen LogP contribution in [0.1, 0.15) is 31.0 Å². The van der Waals surface area contributed by atoms with Crippen molar-refractivity contribution in [3.63, 3.8) is 0 Å². The lowest BCUT2D eigenvalue weighted by Crippen LogP contribution is -2.35. The first-order valence-corrected chi connectivity index (χ1v) is 11.2. The first-order chi connectivity index (χ1) is 14.9. The van der Waals surface area contributed by atoms with Crippen LogP contribution in [-0.2, 0) is 9.53 Å². The molecule has 0 aliphatic carbocycles. The number of halogens is 1. The minimum Gasteiger partial charge on any atom is -0.507 e. The summed E-state index contributed by atoms with van der Waals surface area (Å²) in [6, 6.07) is 13.8. The third-order valence-corrected chi connectivity index (χ3v) is 6.46. The maximum Gasteiger partial charge on any atom is 0.338 e. The fraction of sp³-hybridized carbons (Fsp3) is 0.174. The molecule has 0 saturated heterocycles. The van der Waals surface area contributed by atoms with Gasteiger partial charge in [0.1, 0.15) is 11.8 Å². The van der Waals surface area contributed by atoms with E-state index in [0.29, 0.717) is 26.2 Å². The fourth-order valence-corrected chi connectivity index (χ4v) is 4.75. The number of para-hydroxylation sites is 1. The average Bonchev–Trinajstić information content (AvgIpc) is 3.06. The molecular formula is C23H19BrN2O4S. The lowest BCUT2D eigenvalue weighted by Gasteiger charge is -2.22. The second-order valence-corrected chi connectivity index (χ2v) is 8.82. The molecule has 0 spiro atoms. The molecule has 0 amide bonds. The number of allylic oxidation sites excluding steroid dienone is 1. The van der Waals surface area contributed by atoms with Gasteiger partial charge in [0.15, 0.2) is 4.80 Å². The number of thiazole rings is 1. The molecule has 3 aromatic rings. The summed E-state index contributed by atoms with van der Waals surface area (Å²) < 4.78 is 8.05. The van der Waals surface area contributed by atoms with Crippen LogP contribution in [0.2, 0.25) is 0 Å². The molecule has 1 aromatic heterocycles. The van der Waals surface area contributed by atoms with Gasteiger partial charge in [0, 0.05) is 15.7 Å². The number of rotatable bonds is 4. The molecule has 158 valence electrons. The van der Waals surface area contributed by atoms with E-state index in [1.807, 2.05) is 24.3 Å². The number of esters is 1. The van der Waals surface area contributed by atoms with Crippen molar-refractivity contribution in [1.82, 2.24) is 4.57 Å². The fourth-order valence-electron chi connectivity index (χ4n) is 3.45. The molecule has 4 rings (SSSR count). The zero-order valence-electron chi connectivity index (χ0n) is 16.8. The number of fused-ring (bicyclic) bond motifs is 1. The minimum absolute atomic E-state index is 0.0856. The summed E-state index contributed by atoms with van der Waals surface area (Å²) in [5.74, 6) is -0.408. The predicted molar refractivity (Wildman–Crippen MR) is 123 cm³/mol. The molecule has 0 bridgehead atoms. The van der Waals surface area contributed by atoms with Crippen LogP contribution in [-0.4, -0.2) is 22.2 Å². The third-order valence-electron chi connectivity index (χ3n) is 4.95. The number of aromatic nitrogens is 1. The third kappa shape index (κ3) is 4.00. The van der Waals surface area contributed by atoms with Gasteiger partial charge in [0.05, 0.1) is 16.7 Å². The molecule has 1 aliphatic rings. The standard InChI is InChI=1S/C23H19BrN2O4S/c1-3-30-22(29)19-13(2)26-21(28)18(12-15-6-4-5-7-17(15)27)31-23(26)25-20(19)14-8-10-16(24)11-9-14/h4-12,20,27H,3H2,1-2H3/b18-12-/t20-/m1/s1. The van der Waals surface area contributed by atoms with Gasteiger partial charge in [-0.05, 0) is 43.7 Å². The van der Waals surface area contributed by atoms with Crippen LogP contribution in [0.3, 0.4) is 0 Å². The summed E-state index contributed by atoms with van der Waals surface area (Å²) in [7, 11) is 0. The van der Waals surface area contributed by atoms with Crippen LogP contribution in [0.5, 0.6) is 5.75 Å². The maximum atomic E-state index is 13.2. The van der Waals surface area contributed by atoms with Crippen LogP contribution in [0.25, 0.3) is 11.8 Å². The molecule has 31 heavy (non-hydrogen) atoms. The number of phenols is 1. The van der Waals surface area contributed by atoms with Crippen molar-refractivity contribution in [1.29, 1.82) is 0 Å². The minimum atomic E-state index is -0.580. The molecule has 1 aliphatic heterocycles. The van der Waals surface area contributed by atoms with E-state index in [4.69, 9.17) is 9.73 Å². The summed E-state index contributed by atoms with van der Waals surface area (Å²) in [6.45, 7) is 3.69. The first-order valence-electron chi connectivity index (χ1n) is 9.64. The van der Waals surface area contributed by atoms with E-state index in [1.54, 1.807) is 44.2 Å². The Morgan fingerprint density at radius 1 is 1.26 bits per heavy atom. The van der Waals surface area contributed by atoms with E-state index in [2.05, 4.69) is 15.9 Å². The van der Waals surface area contributed by atoms with Crippen molar-refractivity contribution in [2.45, 2.75) is 19.9 Å². The molecule has 0 unspecified atom stereocenters. The first kappa shape index (κ1) is 21.3. The number of hydrogen-bond donors (Lipinski definition) is 1. The number of aromatic hydroxyl groups is 1. The van der Waals surface area contributed by atoms with Gasteiger partial charge >= 0.3 is 5.97 Å². The molecule has 1 N–H and O–H groups in total. The Morgan fingerprint density at radius 3 is 2.65 bits per heavy atom. The second-order valence-electron chi connectivity index (χ2n) is 6.90. The molecular weight excluding hydrogens is 480 g/mol. The number of ether oxygens (including phenoxy) is 1. The van der Waals surface area contributed by atoms with Crippen molar-refractivity contribution < 1.29 is 14.6 Å². The van der Waals surface area contributed by atoms with E-state index in [1.165, 1.54) is 15.9 Å². The number of nitrogens with zero attached hydrogens (tertiary/aromatic N) is 2. The number of carbonyl (C=O) groups is 1. The van der Waals surface area contributed by atoms with Crippen molar-refractivity contribution in [3.05, 3.63) is 89.4 Å². The Kier molecular flexibility index (Phi) is 5.93. The van der Waals surface area contributed by atoms with Crippen molar-refractivity contribution >= 4 is 45.0 Å². The van der Waals surface area contributed by atoms with Gasteiger partial charge in [0.2, 0.25) is 0 Å². The quantitative estimate of drug-likeness (QED) is 0.559. The SMILES string of the molecule is CCOC(=O)C1=C(C)n2c(s/c(=C\c3ccccc3O)c2=O)=N[C@@H]1c1ccc(Br)cc1. The summed E-state index contributed by atoms with van der Waals surface area (Å²) in [5.41, 5.74) is 1.90. The molecule has 6 nitrogen and oxygen atoms in total. The molecule has 1 atom stereocenters. The number of phenolic OH excluding ortho intramolecular Hbond substituents is 1. The summed E-state index contributed by atoms with van der Waals surface area (Å²) in [6.07, 6.45) is 1.63. The summed E-state index contributed by atoms with van der Waals surface area (Å²) in [5, 5.41) is 10.1. The smallest absolute Gasteiger partial charge is 0.338 e. The average molecular weight is 499 g/mol. The molecule has 0 saturated carbocycles. The zero-order chi connectivity index (χ0) is 22.1. The number of benzene rings is 2. The largest absolute Gasteiger partial charge is 0.507 e. The molecule has 8 heteroatoms. The van der Waals surface area contributed by atoms with Crippen LogP contribution < -0.4 is 14.9 Å². The molecule has 0 fully saturated rings. The Labute approximate surface area is 190 Å². The number of carbonyl (C=O) groups excluding carboxylic acids is 1. The highest BCUT2D eigenvalue weighted by Gasteiger charge is 2.31. The van der Waals surface area contributed by atoms with Gasteiger partial charge < -0.3 is 9.84 Å². The van der Waals surface area contributed by atoms with Crippen LogP contribution in [0, 0.1) is 0 Å². The van der Waals surface area contributed by atoms with Gasteiger partial charge in [-0.3, -0.25) is 9.36 Å². The normalized spacial score (nSPS) is 16.1. The monoisotopic (exact) mass is 498 g/mol. The van der Waals surface area contributed by atoms with Crippen LogP contribution >= 0.6 is 27.3 Å². The lowest BCUT2D eigenvalue weighted by atomic mass is 9.97. The highest BCUT2D eigenvalue weighted by Crippen LogP contribution is 2.32. The highest BCUT2D eigenvalue weighted by atomic mass is 79.9. The van der Waals surface area contributed by atoms with Crippen LogP contribution in [0.4, 0.5) is 0 Å². The van der Waals surface area contributed by atoms with Crippen LogP contribution in [0.15, 0.2) is 68.4 Å². The Hall–Kier alpha value is -2.97. The zero-order valence-corrected chi connectivity index (χ0v) is 19.2. The van der Waals surface area contributed by atoms with Gasteiger partial charge in [0.25, 0.3) is 5.56 Å². The lowest BCUT2D eigenvalue weighted by molar-refractivity contribution is -0.138. The molecule has 2 heterocycles. The second kappa shape index (κ2) is 8.64. The van der Waals surface area contributed by atoms with Crippen molar-refractivity contribution in [2.75, 3.05) is 6.61 Å². The maximum absolute atomic E-state index is 13.2. The summed E-state index contributed by atoms with van der Waals surface area (Å²) >= 11 is 4.64. The molecule has 0 radical (unpaired) electrons. The summed E-state index contributed by atoms with van der Waals surface area (Å²) in [4.78, 5) is 31.2. The Balaban J connectivity index is 1.96. The van der Waals surface area contributed by atoms with Crippen molar-refractivity contribution in [3.8, 4) is 5.75 Å². The van der Waals surface area contributed by atoms with E-state index in [0.717, 1.165) is 10.0 Å². The van der Waals surface area contributed by atoms with Gasteiger partial charge in [-0.1, -0.05) is 57.6 Å². The Bertz CT molecular complexity index is 1370. The topological polar surface area (TPSA) is 80.9 Å². The van der Waals surface area contributed by atoms with Gasteiger partial charge in [-0.25, -0.2) is 9.79 Å². The number of hydrogen-bond acceptors (Lipinski definition) is 6. The van der Waals surface area contributed by atoms with Gasteiger partial charge in [-0.2, -0.15) is 0 Å². The van der Waals surface area contributed by atoms with E-state index in [-0.39, 0.29) is 17.9 Å². The highest BCUT2D eigenvalue weighted by molar-refractivity contribution is 9.10.